The van der Waals surface area contributed by atoms with Gasteiger partial charge in [0, 0.05) is 26.2 Å². The maximum Gasteiger partial charge on any atom is 0.407 e. The van der Waals surface area contributed by atoms with Gasteiger partial charge in [-0.1, -0.05) is 135 Å². The summed E-state index contributed by atoms with van der Waals surface area (Å²) >= 11 is 0. The third-order valence-corrected chi connectivity index (χ3v) is 10.7. The molecule has 0 aromatic rings. The first-order chi connectivity index (χ1) is 29.6. The number of ketones is 2. The minimum Gasteiger partial charge on any atom is -0.444 e. The van der Waals surface area contributed by atoms with Crippen molar-refractivity contribution >= 4 is 23.8 Å². The van der Waals surface area contributed by atoms with Crippen molar-refractivity contribution < 1.29 is 28.7 Å². The lowest BCUT2D eigenvalue weighted by Crippen LogP contribution is -2.47. The van der Waals surface area contributed by atoms with Gasteiger partial charge in [-0.15, -0.1) is 0 Å². The Balaban J connectivity index is 1.91. The van der Waals surface area contributed by atoms with Gasteiger partial charge < -0.3 is 30.7 Å². The standard InChI is InChI=1S/C54H80N4O6/c1-37(23-19-25-39(3)27-29-43-41(5)47(59)45(35-53(43,13)14)55-31-33-57-49(61)63-51(7,8)9)21-17-18-22-38(2)24-20-26-40(4)28-30-44-42(6)48(60)46(36-54(44,15)16)56-32-34-58-50(62)64-52(10,11)12/h17-30,45-46,55-56H,31-36H2,1-16H3,(H,57,61)(H,58,62). The molecule has 0 bridgehead atoms. The van der Waals surface area contributed by atoms with Crippen LogP contribution >= 0.6 is 0 Å². The summed E-state index contributed by atoms with van der Waals surface area (Å²) in [5.74, 6) is 0.176. The van der Waals surface area contributed by atoms with Crippen LogP contribution in [0.5, 0.6) is 0 Å². The molecule has 2 rings (SSSR count). The van der Waals surface area contributed by atoms with Crippen molar-refractivity contribution in [3.05, 3.63) is 130 Å². The number of carbonyl (C=O) groups is 4. The maximum absolute atomic E-state index is 13.3. The Kier molecular flexibility index (Phi) is 21.4. The molecular formula is C54H80N4O6. The number of allylic oxidation sites excluding steroid dienone is 20. The first kappa shape index (κ1) is 55.1. The summed E-state index contributed by atoms with van der Waals surface area (Å²) in [5.41, 5.74) is 6.47. The van der Waals surface area contributed by atoms with Crippen molar-refractivity contribution in [2.75, 3.05) is 26.2 Å². The molecule has 0 aromatic heterocycles. The second kappa shape index (κ2) is 24.9. The highest BCUT2D eigenvalue weighted by Crippen LogP contribution is 2.41. The Bertz CT molecular complexity index is 1880. The van der Waals surface area contributed by atoms with Crippen LogP contribution in [-0.4, -0.2) is 73.2 Å². The Morgan fingerprint density at radius 1 is 0.547 bits per heavy atom. The van der Waals surface area contributed by atoms with Crippen molar-refractivity contribution in [1.82, 2.24) is 21.3 Å². The van der Waals surface area contributed by atoms with Crippen molar-refractivity contribution in [3.63, 3.8) is 0 Å². The summed E-state index contributed by atoms with van der Waals surface area (Å²) in [5, 5.41) is 12.1. The average molecular weight is 881 g/mol. The average Bonchev–Trinajstić information content (AvgIpc) is 3.15. The minimum absolute atomic E-state index is 0.0878. The molecule has 10 nitrogen and oxygen atoms in total. The number of hydrogen-bond donors (Lipinski definition) is 4. The van der Waals surface area contributed by atoms with E-state index in [2.05, 4.69) is 124 Å². The Hall–Kier alpha value is -5.06. The molecule has 2 aliphatic carbocycles. The van der Waals surface area contributed by atoms with Crippen LogP contribution in [0.15, 0.2) is 130 Å². The Morgan fingerprint density at radius 3 is 1.19 bits per heavy atom. The van der Waals surface area contributed by atoms with E-state index in [4.69, 9.17) is 9.47 Å². The van der Waals surface area contributed by atoms with Gasteiger partial charge in [-0.2, -0.15) is 0 Å². The predicted octanol–water partition coefficient (Wildman–Crippen LogP) is 11.1. The summed E-state index contributed by atoms with van der Waals surface area (Å²) < 4.78 is 10.6. The summed E-state index contributed by atoms with van der Waals surface area (Å²) in [6.45, 7) is 33.3. The smallest absolute Gasteiger partial charge is 0.407 e. The highest BCUT2D eigenvalue weighted by molar-refractivity contribution is 6.02. The molecule has 64 heavy (non-hydrogen) atoms. The number of amides is 2. The first-order valence-electron chi connectivity index (χ1n) is 22.6. The fourth-order valence-electron chi connectivity index (χ4n) is 7.48. The van der Waals surface area contributed by atoms with Crippen molar-refractivity contribution in [3.8, 4) is 0 Å². The lowest BCUT2D eigenvalue weighted by atomic mass is 9.70. The zero-order valence-corrected chi connectivity index (χ0v) is 41.9. The monoisotopic (exact) mass is 881 g/mol. The molecule has 2 amide bonds. The van der Waals surface area contributed by atoms with Crippen LogP contribution in [0.1, 0.15) is 124 Å². The number of carbonyl (C=O) groups excluding carboxylic acids is 4. The lowest BCUT2D eigenvalue weighted by molar-refractivity contribution is -0.119. The summed E-state index contributed by atoms with van der Waals surface area (Å²) in [7, 11) is 0. The van der Waals surface area contributed by atoms with E-state index in [0.717, 1.165) is 44.6 Å². The molecule has 352 valence electrons. The number of rotatable bonds is 18. The molecule has 2 atom stereocenters. The number of ether oxygens (including phenoxy) is 2. The molecule has 0 fully saturated rings. The lowest BCUT2D eigenvalue weighted by Gasteiger charge is -2.37. The van der Waals surface area contributed by atoms with E-state index >= 15 is 0 Å². The molecule has 0 heterocycles. The highest BCUT2D eigenvalue weighted by Gasteiger charge is 2.38. The van der Waals surface area contributed by atoms with E-state index in [0.29, 0.717) is 39.0 Å². The number of Topliss-reactive ketones (excluding diaryl/α,β-unsaturated/α-hetero) is 2. The Morgan fingerprint density at radius 2 is 0.859 bits per heavy atom. The molecule has 4 N–H and O–H groups in total. The van der Waals surface area contributed by atoms with E-state index in [9.17, 15) is 19.2 Å². The van der Waals surface area contributed by atoms with Gasteiger partial charge in [0.25, 0.3) is 0 Å². The van der Waals surface area contributed by atoms with Crippen LogP contribution in [0.3, 0.4) is 0 Å². The fourth-order valence-corrected chi connectivity index (χ4v) is 7.48. The van der Waals surface area contributed by atoms with Crippen molar-refractivity contribution in [2.45, 2.75) is 147 Å². The van der Waals surface area contributed by atoms with Gasteiger partial charge in [-0.25, -0.2) is 9.59 Å². The minimum atomic E-state index is -0.556. The highest BCUT2D eigenvalue weighted by atomic mass is 16.6. The second-order valence-electron chi connectivity index (χ2n) is 20.3. The molecule has 0 radical (unpaired) electrons. The fraction of sp³-hybridized carbons (Fsp3) is 0.519. The number of alkyl carbamates (subject to hydrolysis) is 2. The molecule has 10 heteroatoms. The third-order valence-electron chi connectivity index (χ3n) is 10.7. The molecule has 0 spiro atoms. The molecule has 0 aliphatic heterocycles. The SMILES string of the molecule is CC(C=CC=C(C)C=CC1=C(C)C(=O)C(NCCNC(=O)OC(C)(C)C)CC1(C)C)=CC=CC=C(C)C=CC=C(C)C=CC1=C(C)C(=O)C(NCCNC(=O)OC(C)(C)C)CC1(C)C. The van der Waals surface area contributed by atoms with E-state index in [1.807, 2.05) is 93.5 Å². The number of nitrogens with one attached hydrogen (secondary N) is 4. The summed E-state index contributed by atoms with van der Waals surface area (Å²) in [4.78, 5) is 50.4. The first-order valence-corrected chi connectivity index (χ1v) is 22.6. The van der Waals surface area contributed by atoms with Crippen molar-refractivity contribution in [1.29, 1.82) is 0 Å². The molecular weight excluding hydrogens is 801 g/mol. The molecule has 2 aliphatic rings. The van der Waals surface area contributed by atoms with E-state index in [-0.39, 0.29) is 34.5 Å². The van der Waals surface area contributed by atoms with Gasteiger partial charge in [-0.3, -0.25) is 9.59 Å². The topological polar surface area (TPSA) is 135 Å². The van der Waals surface area contributed by atoms with Gasteiger partial charge in [0.15, 0.2) is 11.6 Å². The van der Waals surface area contributed by atoms with Gasteiger partial charge >= 0.3 is 12.2 Å². The predicted molar refractivity (Wildman–Crippen MR) is 265 cm³/mol. The largest absolute Gasteiger partial charge is 0.444 e. The molecule has 0 aromatic carbocycles. The molecule has 0 saturated carbocycles. The van der Waals surface area contributed by atoms with Gasteiger partial charge in [0.2, 0.25) is 0 Å². The van der Waals surface area contributed by atoms with E-state index < -0.39 is 23.4 Å². The zero-order valence-electron chi connectivity index (χ0n) is 41.9. The molecule has 0 saturated heterocycles. The van der Waals surface area contributed by atoms with Crippen LogP contribution in [0.25, 0.3) is 0 Å². The Labute approximate surface area is 386 Å². The summed E-state index contributed by atoms with van der Waals surface area (Å²) in [6.07, 6.45) is 29.2. The molecule has 2 unspecified atom stereocenters. The van der Waals surface area contributed by atoms with Gasteiger partial charge in [0.05, 0.1) is 12.1 Å². The second-order valence-corrected chi connectivity index (χ2v) is 20.3. The van der Waals surface area contributed by atoms with Crippen LogP contribution < -0.4 is 21.3 Å². The normalized spacial score (nSPS) is 20.8. The number of hydrogen-bond acceptors (Lipinski definition) is 8. The van der Waals surface area contributed by atoms with E-state index in [1.54, 1.807) is 0 Å². The van der Waals surface area contributed by atoms with Crippen LogP contribution in [0, 0.1) is 10.8 Å². The maximum atomic E-state index is 13.3. The summed E-state index contributed by atoms with van der Waals surface area (Å²) in [6, 6.07) is -0.612. The van der Waals surface area contributed by atoms with Gasteiger partial charge in [-0.05, 0) is 129 Å². The quantitative estimate of drug-likeness (QED) is 0.0790. The van der Waals surface area contributed by atoms with E-state index in [1.165, 1.54) is 0 Å². The zero-order chi connectivity index (χ0) is 48.5. The van der Waals surface area contributed by atoms with Crippen LogP contribution in [0.4, 0.5) is 9.59 Å². The third kappa shape index (κ3) is 20.2. The van der Waals surface area contributed by atoms with Gasteiger partial charge in [0.1, 0.15) is 11.2 Å². The van der Waals surface area contributed by atoms with Crippen LogP contribution in [-0.2, 0) is 19.1 Å². The van der Waals surface area contributed by atoms with Crippen molar-refractivity contribution in [2.24, 2.45) is 10.8 Å². The van der Waals surface area contributed by atoms with Crippen LogP contribution in [0.2, 0.25) is 0 Å².